The Morgan fingerprint density at radius 2 is 1.92 bits per heavy atom. The first-order valence-corrected chi connectivity index (χ1v) is 9.40. The molecule has 1 aliphatic carbocycles. The molecule has 0 aromatic heterocycles. The van der Waals surface area contributed by atoms with Crippen LogP contribution in [-0.4, -0.2) is 35.5 Å². The Balaban J connectivity index is 1.46. The maximum Gasteiger partial charge on any atom is 0.225 e. The third-order valence-corrected chi connectivity index (χ3v) is 5.75. The number of hydrogen-bond acceptors (Lipinski definition) is 3. The van der Waals surface area contributed by atoms with Crippen LogP contribution < -0.4 is 11.1 Å². The molecule has 1 aliphatic heterocycles. The maximum absolute atomic E-state index is 12.6. The molecule has 4 nitrogen and oxygen atoms in total. The zero-order valence-corrected chi connectivity index (χ0v) is 14.8. The number of benzene rings is 1. The Labute approximate surface area is 145 Å². The summed E-state index contributed by atoms with van der Waals surface area (Å²) in [5.41, 5.74) is 7.39. The molecular weight excluding hydrogens is 298 g/mol. The smallest absolute Gasteiger partial charge is 0.225 e. The zero-order chi connectivity index (χ0) is 17.0. The van der Waals surface area contributed by atoms with E-state index in [2.05, 4.69) is 40.5 Å². The number of piperidine rings is 1. The van der Waals surface area contributed by atoms with Gasteiger partial charge in [-0.05, 0) is 38.2 Å². The molecule has 2 fully saturated rings. The summed E-state index contributed by atoms with van der Waals surface area (Å²) in [5.74, 6) is 0.162. The Bertz CT molecular complexity index is 535. The Kier molecular flexibility index (Phi) is 5.57. The monoisotopic (exact) mass is 329 g/mol. The molecule has 1 saturated heterocycles. The summed E-state index contributed by atoms with van der Waals surface area (Å²) in [6.45, 7) is 5.14. The van der Waals surface area contributed by atoms with Crippen LogP contribution in [0, 0.1) is 5.92 Å². The normalized spacial score (nSPS) is 29.3. The minimum Gasteiger partial charge on any atom is -0.353 e. The van der Waals surface area contributed by atoms with Crippen LogP contribution in [0.5, 0.6) is 0 Å². The van der Waals surface area contributed by atoms with Gasteiger partial charge in [0, 0.05) is 31.2 Å². The fraction of sp³-hybridized carbons (Fsp3) is 0.650. The second-order valence-corrected chi connectivity index (χ2v) is 7.85. The number of carbonyl (C=O) groups excluding carboxylic acids is 1. The van der Waals surface area contributed by atoms with E-state index in [1.165, 1.54) is 5.56 Å². The van der Waals surface area contributed by atoms with Gasteiger partial charge < -0.3 is 11.1 Å². The van der Waals surface area contributed by atoms with Gasteiger partial charge in [-0.3, -0.25) is 9.69 Å². The van der Waals surface area contributed by atoms with Gasteiger partial charge in [0.15, 0.2) is 0 Å². The standard InChI is InChI=1S/C20H31N3O/c1-20(21)12-6-5-9-18(20)19(24)22-17-10-13-23(14-11-17)15-16-7-3-2-4-8-16/h2-4,7-8,17-18H,5-6,9-15,21H2,1H3,(H,22,24). The van der Waals surface area contributed by atoms with E-state index in [9.17, 15) is 4.79 Å². The SMILES string of the molecule is CC1(N)CCCCC1C(=O)NC1CCN(Cc2ccccc2)CC1. The summed E-state index contributed by atoms with van der Waals surface area (Å²) in [4.78, 5) is 15.1. The van der Waals surface area contributed by atoms with Crippen LogP contribution in [0.2, 0.25) is 0 Å². The summed E-state index contributed by atoms with van der Waals surface area (Å²) < 4.78 is 0. The highest BCUT2D eigenvalue weighted by Gasteiger charge is 2.38. The fourth-order valence-electron chi connectivity index (χ4n) is 4.17. The maximum atomic E-state index is 12.6. The predicted octanol–water partition coefficient (Wildman–Crippen LogP) is 2.67. The van der Waals surface area contributed by atoms with Crippen LogP contribution in [0.3, 0.4) is 0 Å². The molecular formula is C20H31N3O. The molecule has 0 bridgehead atoms. The first-order valence-electron chi connectivity index (χ1n) is 9.40. The Morgan fingerprint density at radius 1 is 1.21 bits per heavy atom. The number of carbonyl (C=O) groups is 1. The fourth-order valence-corrected chi connectivity index (χ4v) is 4.17. The molecule has 1 aromatic carbocycles. The van der Waals surface area contributed by atoms with Crippen LogP contribution in [0.4, 0.5) is 0 Å². The lowest BCUT2D eigenvalue weighted by Crippen LogP contribution is -2.55. The van der Waals surface area contributed by atoms with Gasteiger partial charge in [-0.25, -0.2) is 0 Å². The molecule has 3 rings (SSSR count). The van der Waals surface area contributed by atoms with Crippen molar-refractivity contribution in [3.05, 3.63) is 35.9 Å². The molecule has 4 heteroatoms. The van der Waals surface area contributed by atoms with Gasteiger partial charge in [0.2, 0.25) is 5.91 Å². The van der Waals surface area contributed by atoms with Crippen LogP contribution in [0.15, 0.2) is 30.3 Å². The molecule has 0 spiro atoms. The average Bonchev–Trinajstić information content (AvgIpc) is 2.57. The number of hydrogen-bond donors (Lipinski definition) is 2. The van der Waals surface area contributed by atoms with E-state index in [-0.39, 0.29) is 17.4 Å². The van der Waals surface area contributed by atoms with Crippen LogP contribution in [0.25, 0.3) is 0 Å². The van der Waals surface area contributed by atoms with E-state index in [4.69, 9.17) is 5.73 Å². The quantitative estimate of drug-likeness (QED) is 0.893. The van der Waals surface area contributed by atoms with Gasteiger partial charge in [-0.1, -0.05) is 43.2 Å². The minimum atomic E-state index is -0.337. The van der Waals surface area contributed by atoms with Crippen molar-refractivity contribution in [2.75, 3.05) is 13.1 Å². The number of nitrogens with zero attached hydrogens (tertiary/aromatic N) is 1. The number of likely N-dealkylation sites (tertiary alicyclic amines) is 1. The van der Waals surface area contributed by atoms with Gasteiger partial charge >= 0.3 is 0 Å². The van der Waals surface area contributed by atoms with E-state index < -0.39 is 0 Å². The summed E-state index contributed by atoms with van der Waals surface area (Å²) in [5, 5.41) is 3.28. The van der Waals surface area contributed by atoms with Crippen molar-refractivity contribution in [3.63, 3.8) is 0 Å². The lowest BCUT2D eigenvalue weighted by molar-refractivity contribution is -0.129. The zero-order valence-electron chi connectivity index (χ0n) is 14.8. The third-order valence-electron chi connectivity index (χ3n) is 5.75. The number of amides is 1. The molecule has 1 heterocycles. The molecule has 24 heavy (non-hydrogen) atoms. The summed E-state index contributed by atoms with van der Waals surface area (Å²) in [6, 6.07) is 10.9. The highest BCUT2D eigenvalue weighted by atomic mass is 16.2. The first-order chi connectivity index (χ1) is 11.5. The number of nitrogens with two attached hydrogens (primary N) is 1. The number of nitrogens with one attached hydrogen (secondary N) is 1. The Hall–Kier alpha value is -1.39. The van der Waals surface area contributed by atoms with Gasteiger partial charge in [-0.2, -0.15) is 0 Å². The van der Waals surface area contributed by atoms with Gasteiger partial charge in [-0.15, -0.1) is 0 Å². The topological polar surface area (TPSA) is 58.4 Å². The minimum absolute atomic E-state index is 0.0198. The molecule has 1 aromatic rings. The van der Waals surface area contributed by atoms with E-state index in [1.54, 1.807) is 0 Å². The van der Waals surface area contributed by atoms with Crippen molar-refractivity contribution in [2.24, 2.45) is 11.7 Å². The Morgan fingerprint density at radius 3 is 2.58 bits per heavy atom. The first kappa shape index (κ1) is 17.4. The lowest BCUT2D eigenvalue weighted by atomic mass is 9.74. The number of rotatable bonds is 4. The van der Waals surface area contributed by atoms with Crippen molar-refractivity contribution < 1.29 is 4.79 Å². The van der Waals surface area contributed by atoms with E-state index >= 15 is 0 Å². The molecule has 3 N–H and O–H groups in total. The van der Waals surface area contributed by atoms with Crippen molar-refractivity contribution in [3.8, 4) is 0 Å². The van der Waals surface area contributed by atoms with E-state index in [0.29, 0.717) is 6.04 Å². The van der Waals surface area contributed by atoms with Crippen LogP contribution >= 0.6 is 0 Å². The summed E-state index contributed by atoms with van der Waals surface area (Å²) in [7, 11) is 0. The van der Waals surface area contributed by atoms with Gasteiger partial charge in [0.1, 0.15) is 0 Å². The highest BCUT2D eigenvalue weighted by Crippen LogP contribution is 2.32. The molecule has 132 valence electrons. The van der Waals surface area contributed by atoms with Crippen molar-refractivity contribution >= 4 is 5.91 Å². The molecule has 2 unspecified atom stereocenters. The molecule has 0 radical (unpaired) electrons. The second kappa shape index (κ2) is 7.66. The second-order valence-electron chi connectivity index (χ2n) is 7.85. The van der Waals surface area contributed by atoms with Gasteiger partial charge in [0.05, 0.1) is 5.92 Å². The summed E-state index contributed by atoms with van der Waals surface area (Å²) >= 11 is 0. The largest absolute Gasteiger partial charge is 0.353 e. The van der Waals surface area contributed by atoms with Crippen molar-refractivity contribution in [2.45, 2.75) is 63.6 Å². The highest BCUT2D eigenvalue weighted by molar-refractivity contribution is 5.80. The summed E-state index contributed by atoms with van der Waals surface area (Å²) in [6.07, 6.45) is 6.24. The van der Waals surface area contributed by atoms with Gasteiger partial charge in [0.25, 0.3) is 0 Å². The van der Waals surface area contributed by atoms with Crippen molar-refractivity contribution in [1.29, 1.82) is 0 Å². The van der Waals surface area contributed by atoms with Crippen molar-refractivity contribution in [1.82, 2.24) is 10.2 Å². The average molecular weight is 329 g/mol. The molecule has 1 saturated carbocycles. The predicted molar refractivity (Wildman–Crippen MR) is 97.4 cm³/mol. The van der Waals surface area contributed by atoms with Crippen LogP contribution in [-0.2, 0) is 11.3 Å². The lowest BCUT2D eigenvalue weighted by Gasteiger charge is -2.39. The molecule has 2 atom stereocenters. The van der Waals surface area contributed by atoms with E-state index in [0.717, 1.165) is 58.2 Å². The van der Waals surface area contributed by atoms with Crippen LogP contribution in [0.1, 0.15) is 51.0 Å². The molecule has 1 amide bonds. The van der Waals surface area contributed by atoms with E-state index in [1.807, 2.05) is 6.92 Å². The third kappa shape index (κ3) is 4.37. The molecule has 2 aliphatic rings.